The number of benzene rings is 1. The Labute approximate surface area is 210 Å². The first-order valence-corrected chi connectivity index (χ1v) is 12.3. The zero-order valence-corrected chi connectivity index (χ0v) is 20.9. The van der Waals surface area contributed by atoms with Gasteiger partial charge in [0, 0.05) is 17.3 Å². The maximum absolute atomic E-state index is 14.4. The van der Waals surface area contributed by atoms with E-state index in [0.29, 0.717) is 34.2 Å². The van der Waals surface area contributed by atoms with Crippen LogP contribution in [0.4, 0.5) is 10.2 Å². The first-order chi connectivity index (χ1) is 17.2. The molecule has 1 aromatic carbocycles. The third-order valence-corrected chi connectivity index (χ3v) is 7.53. The van der Waals surface area contributed by atoms with E-state index in [4.69, 9.17) is 15.1 Å². The zero-order chi connectivity index (χ0) is 25.2. The number of rotatable bonds is 4. The van der Waals surface area contributed by atoms with Crippen molar-refractivity contribution in [3.63, 3.8) is 0 Å². The molecule has 0 bridgehead atoms. The second kappa shape index (κ2) is 7.99. The van der Waals surface area contributed by atoms with Gasteiger partial charge in [0.1, 0.15) is 17.3 Å². The number of thiazole rings is 1. The number of nitrogens with one attached hydrogen (secondary N) is 1. The van der Waals surface area contributed by atoms with E-state index in [-0.39, 0.29) is 18.3 Å². The van der Waals surface area contributed by atoms with Crippen molar-refractivity contribution in [1.82, 2.24) is 29.7 Å². The number of aryl methyl sites for hydroxylation is 2. The Balaban J connectivity index is 1.58. The summed E-state index contributed by atoms with van der Waals surface area (Å²) in [4.78, 5) is 32.6. The highest BCUT2D eigenvalue weighted by Gasteiger charge is 2.43. The van der Waals surface area contributed by atoms with Crippen molar-refractivity contribution in [3.05, 3.63) is 70.2 Å². The van der Waals surface area contributed by atoms with Crippen LogP contribution in [-0.2, 0) is 16.8 Å². The van der Waals surface area contributed by atoms with Crippen LogP contribution < -0.4 is 5.32 Å². The van der Waals surface area contributed by atoms with Gasteiger partial charge in [0.15, 0.2) is 11.5 Å². The molecule has 5 aromatic rings. The summed E-state index contributed by atoms with van der Waals surface area (Å²) in [5.74, 6) is 0.380. The number of carbonyl (C=O) groups is 1. The highest BCUT2D eigenvalue weighted by atomic mass is 32.1. The SMILES string of the molecule is Cc1nc(C)c(-c2nc(-c3nn(Cc4ccccc4F)c4ncccc34)nc3c2C(C)(C)C(=O)N3)s1. The van der Waals surface area contributed by atoms with E-state index >= 15 is 0 Å². The van der Waals surface area contributed by atoms with Crippen molar-refractivity contribution in [2.45, 2.75) is 39.7 Å². The molecule has 0 radical (unpaired) electrons. The van der Waals surface area contributed by atoms with E-state index < -0.39 is 5.41 Å². The van der Waals surface area contributed by atoms with Gasteiger partial charge in [0.25, 0.3) is 0 Å². The quantitative estimate of drug-likeness (QED) is 0.372. The van der Waals surface area contributed by atoms with Gasteiger partial charge in [-0.2, -0.15) is 5.10 Å². The van der Waals surface area contributed by atoms with Gasteiger partial charge in [-0.05, 0) is 45.9 Å². The predicted octanol–water partition coefficient (Wildman–Crippen LogP) is 5.05. The third-order valence-electron chi connectivity index (χ3n) is 6.45. The van der Waals surface area contributed by atoms with Gasteiger partial charge in [-0.1, -0.05) is 18.2 Å². The molecule has 0 aliphatic carbocycles. The number of halogens is 1. The fourth-order valence-electron chi connectivity index (χ4n) is 4.61. The average molecular weight is 500 g/mol. The molecule has 4 aromatic heterocycles. The zero-order valence-electron chi connectivity index (χ0n) is 20.1. The van der Waals surface area contributed by atoms with Gasteiger partial charge < -0.3 is 5.32 Å². The first kappa shape index (κ1) is 22.4. The average Bonchev–Trinajstić information content (AvgIpc) is 3.46. The topological polar surface area (TPSA) is 98.5 Å². The van der Waals surface area contributed by atoms with Crippen LogP contribution in [-0.4, -0.2) is 35.6 Å². The highest BCUT2D eigenvalue weighted by Crippen LogP contribution is 2.45. The van der Waals surface area contributed by atoms with E-state index in [2.05, 4.69) is 15.3 Å². The minimum atomic E-state index is -0.804. The highest BCUT2D eigenvalue weighted by molar-refractivity contribution is 7.15. The Kier molecular flexibility index (Phi) is 4.97. The van der Waals surface area contributed by atoms with Gasteiger partial charge >= 0.3 is 0 Å². The molecule has 180 valence electrons. The first-order valence-electron chi connectivity index (χ1n) is 11.5. The molecule has 1 amide bonds. The summed E-state index contributed by atoms with van der Waals surface area (Å²) in [5, 5.41) is 9.36. The normalized spacial score (nSPS) is 14.3. The van der Waals surface area contributed by atoms with E-state index in [9.17, 15) is 9.18 Å². The summed E-state index contributed by atoms with van der Waals surface area (Å²) >= 11 is 1.53. The Morgan fingerprint density at radius 2 is 1.86 bits per heavy atom. The molecule has 0 saturated carbocycles. The smallest absolute Gasteiger partial charge is 0.235 e. The predicted molar refractivity (Wildman–Crippen MR) is 136 cm³/mol. The number of anilines is 1. The summed E-state index contributed by atoms with van der Waals surface area (Å²) in [7, 11) is 0. The Morgan fingerprint density at radius 3 is 2.61 bits per heavy atom. The lowest BCUT2D eigenvalue weighted by Gasteiger charge is -2.18. The number of hydrogen-bond acceptors (Lipinski definition) is 7. The molecule has 6 rings (SSSR count). The summed E-state index contributed by atoms with van der Waals surface area (Å²) in [6.07, 6.45) is 1.67. The molecule has 0 unspecified atom stereocenters. The van der Waals surface area contributed by atoms with E-state index in [1.54, 1.807) is 29.1 Å². The molecule has 10 heteroatoms. The van der Waals surface area contributed by atoms with Gasteiger partial charge in [-0.15, -0.1) is 11.3 Å². The van der Waals surface area contributed by atoms with E-state index in [0.717, 1.165) is 26.5 Å². The maximum atomic E-state index is 14.4. The molecule has 1 aliphatic rings. The Morgan fingerprint density at radius 1 is 1.06 bits per heavy atom. The van der Waals surface area contributed by atoms with Crippen LogP contribution in [0.15, 0.2) is 42.6 Å². The molecule has 5 heterocycles. The number of amides is 1. The van der Waals surface area contributed by atoms with Crippen molar-refractivity contribution in [2.75, 3.05) is 5.32 Å². The van der Waals surface area contributed by atoms with Crippen LogP contribution in [0.3, 0.4) is 0 Å². The van der Waals surface area contributed by atoms with Crippen molar-refractivity contribution in [2.24, 2.45) is 0 Å². The largest absolute Gasteiger partial charge is 0.310 e. The minimum absolute atomic E-state index is 0.138. The molecule has 0 spiro atoms. The van der Waals surface area contributed by atoms with Crippen molar-refractivity contribution in [3.8, 4) is 22.1 Å². The second-order valence-corrected chi connectivity index (χ2v) is 10.5. The minimum Gasteiger partial charge on any atom is -0.310 e. The van der Waals surface area contributed by atoms with Crippen molar-refractivity contribution in [1.29, 1.82) is 0 Å². The lowest BCUT2D eigenvalue weighted by Crippen LogP contribution is -2.27. The Hall–Kier alpha value is -4.05. The van der Waals surface area contributed by atoms with Crippen LogP contribution in [0.1, 0.15) is 35.7 Å². The van der Waals surface area contributed by atoms with Crippen LogP contribution in [0.5, 0.6) is 0 Å². The van der Waals surface area contributed by atoms with Crippen LogP contribution in [0, 0.1) is 19.7 Å². The molecule has 0 fully saturated rings. The number of nitrogens with zero attached hydrogens (tertiary/aromatic N) is 6. The molecule has 8 nitrogen and oxygen atoms in total. The van der Waals surface area contributed by atoms with Crippen LogP contribution >= 0.6 is 11.3 Å². The third kappa shape index (κ3) is 3.40. The number of hydrogen-bond donors (Lipinski definition) is 1. The maximum Gasteiger partial charge on any atom is 0.235 e. The number of pyridine rings is 1. The lowest BCUT2D eigenvalue weighted by molar-refractivity contribution is -0.119. The summed E-state index contributed by atoms with van der Waals surface area (Å²) in [6, 6.07) is 10.3. The molecule has 1 aliphatic heterocycles. The summed E-state index contributed by atoms with van der Waals surface area (Å²) < 4.78 is 16.1. The van der Waals surface area contributed by atoms with Gasteiger partial charge in [0.05, 0.1) is 38.6 Å². The second-order valence-electron chi connectivity index (χ2n) is 9.32. The lowest BCUT2D eigenvalue weighted by atomic mass is 9.85. The van der Waals surface area contributed by atoms with Crippen molar-refractivity contribution < 1.29 is 9.18 Å². The van der Waals surface area contributed by atoms with Crippen molar-refractivity contribution >= 4 is 34.1 Å². The molecule has 0 saturated heterocycles. The number of fused-ring (bicyclic) bond motifs is 2. The fourth-order valence-corrected chi connectivity index (χ4v) is 5.53. The Bertz CT molecular complexity index is 1690. The molecular formula is C26H22FN7OS. The van der Waals surface area contributed by atoms with Crippen LogP contribution in [0.25, 0.3) is 33.1 Å². The van der Waals surface area contributed by atoms with Gasteiger partial charge in [-0.25, -0.2) is 29.0 Å². The van der Waals surface area contributed by atoms with E-state index in [1.807, 2.05) is 39.8 Å². The summed E-state index contributed by atoms with van der Waals surface area (Å²) in [5.41, 5.74) is 3.06. The molecule has 1 N–H and O–H groups in total. The standard InChI is InChI=1S/C26H22FN7OS/c1-13-21(36-14(2)29-13)20-18-22(32-25(35)26(18,3)4)31-23(30-20)19-16-9-7-11-28-24(16)34(33-19)12-15-8-5-6-10-17(15)27/h5-11H,12H2,1-4H3,(H,30,31,32,35). The molecular weight excluding hydrogens is 477 g/mol. The molecule has 0 atom stereocenters. The summed E-state index contributed by atoms with van der Waals surface area (Å²) in [6.45, 7) is 7.82. The monoisotopic (exact) mass is 499 g/mol. The van der Waals surface area contributed by atoms with E-state index in [1.165, 1.54) is 17.4 Å². The van der Waals surface area contributed by atoms with Gasteiger partial charge in [0.2, 0.25) is 5.91 Å². The number of carbonyl (C=O) groups excluding carboxylic acids is 1. The van der Waals surface area contributed by atoms with Crippen LogP contribution in [0.2, 0.25) is 0 Å². The fraction of sp³-hybridized carbons (Fsp3) is 0.231. The van der Waals surface area contributed by atoms with Gasteiger partial charge in [-0.3, -0.25) is 4.79 Å². The molecule has 36 heavy (non-hydrogen) atoms. The number of aromatic nitrogens is 6.